The zero-order valence-corrected chi connectivity index (χ0v) is 13.4. The maximum atomic E-state index is 12.6. The van der Waals surface area contributed by atoms with E-state index in [-0.39, 0.29) is 24.7 Å². The Morgan fingerprint density at radius 2 is 2.04 bits per heavy atom. The number of anilines is 1. The zero-order valence-electron chi connectivity index (χ0n) is 12.6. The van der Waals surface area contributed by atoms with Gasteiger partial charge in [0.1, 0.15) is 11.8 Å². The Hall–Kier alpha value is -2.60. The fraction of sp³-hybridized carbons (Fsp3) is 0.235. The molecule has 6 nitrogen and oxygen atoms in total. The lowest BCUT2D eigenvalue weighted by atomic mass is 10.2. The number of pyridine rings is 1. The van der Waals surface area contributed by atoms with Gasteiger partial charge in [-0.3, -0.25) is 4.90 Å². The van der Waals surface area contributed by atoms with Crippen LogP contribution in [0.15, 0.2) is 48.7 Å². The Kier molecular flexibility index (Phi) is 3.61. The molecule has 1 aliphatic carbocycles. The summed E-state index contributed by atoms with van der Waals surface area (Å²) in [5.41, 5.74) is 1.52. The molecule has 1 aromatic heterocycles. The highest BCUT2D eigenvalue weighted by Gasteiger charge is 2.60. The molecule has 7 heteroatoms. The van der Waals surface area contributed by atoms with Crippen molar-refractivity contribution in [3.63, 3.8) is 0 Å². The van der Waals surface area contributed by atoms with Crippen LogP contribution in [0, 0.1) is 0 Å². The Morgan fingerprint density at radius 1 is 1.25 bits per heavy atom. The first-order valence-corrected chi connectivity index (χ1v) is 7.97. The third kappa shape index (κ3) is 2.59. The summed E-state index contributed by atoms with van der Waals surface area (Å²) >= 11 is 5.89. The standard InChI is InChI=1S/C17H14ClN3O3/c18-15-8-12(6-7-19-15)20-13-9-14(13)21(16(20)22)17(23)24-10-11-4-2-1-3-5-11/h1-8,13-14H,9-10H2/t13-,14-/m0/s1. The third-order valence-corrected chi connectivity index (χ3v) is 4.40. The van der Waals surface area contributed by atoms with Gasteiger partial charge in [0.2, 0.25) is 0 Å². The number of fused-ring (bicyclic) bond motifs is 1. The summed E-state index contributed by atoms with van der Waals surface area (Å²) in [5.74, 6) is 0. The number of imide groups is 1. The smallest absolute Gasteiger partial charge is 0.418 e. The minimum atomic E-state index is -0.612. The van der Waals surface area contributed by atoms with Crippen LogP contribution in [0.2, 0.25) is 5.15 Å². The Labute approximate surface area is 143 Å². The van der Waals surface area contributed by atoms with Crippen LogP contribution in [0.4, 0.5) is 15.3 Å². The Balaban J connectivity index is 1.47. The SMILES string of the molecule is O=C(OCc1ccccc1)N1C(=O)N(c2ccnc(Cl)c2)[C@H]2C[C@@H]21. The van der Waals surface area contributed by atoms with E-state index in [9.17, 15) is 9.59 Å². The number of carbonyl (C=O) groups is 2. The number of amides is 3. The van der Waals surface area contributed by atoms with Gasteiger partial charge in [-0.1, -0.05) is 41.9 Å². The number of aromatic nitrogens is 1. The summed E-state index contributed by atoms with van der Waals surface area (Å²) < 4.78 is 5.29. The van der Waals surface area contributed by atoms with Gasteiger partial charge in [0, 0.05) is 6.20 Å². The quantitative estimate of drug-likeness (QED) is 0.801. The predicted molar refractivity (Wildman–Crippen MR) is 87.8 cm³/mol. The Morgan fingerprint density at radius 3 is 2.79 bits per heavy atom. The maximum absolute atomic E-state index is 12.6. The highest BCUT2D eigenvalue weighted by molar-refractivity contribution is 6.29. The second kappa shape index (κ2) is 5.79. The molecule has 0 spiro atoms. The van der Waals surface area contributed by atoms with Gasteiger partial charge >= 0.3 is 12.1 Å². The number of benzene rings is 1. The highest BCUT2D eigenvalue weighted by Crippen LogP contribution is 2.44. The molecule has 2 heterocycles. The van der Waals surface area contributed by atoms with E-state index in [4.69, 9.17) is 16.3 Å². The van der Waals surface area contributed by atoms with Gasteiger partial charge in [-0.15, -0.1) is 0 Å². The molecule has 1 aromatic carbocycles. The second-order valence-electron chi connectivity index (χ2n) is 5.77. The largest absolute Gasteiger partial charge is 0.444 e. The van der Waals surface area contributed by atoms with Crippen molar-refractivity contribution in [2.75, 3.05) is 4.90 Å². The highest BCUT2D eigenvalue weighted by atomic mass is 35.5. The molecule has 2 aliphatic rings. The maximum Gasteiger partial charge on any atom is 0.418 e. The van der Waals surface area contributed by atoms with Gasteiger partial charge in [-0.25, -0.2) is 19.5 Å². The van der Waals surface area contributed by atoms with Gasteiger partial charge in [0.15, 0.2) is 0 Å². The van der Waals surface area contributed by atoms with E-state index in [2.05, 4.69) is 4.98 Å². The molecule has 3 amide bonds. The molecule has 2 fully saturated rings. The minimum Gasteiger partial charge on any atom is -0.444 e. The number of nitrogens with zero attached hydrogens (tertiary/aromatic N) is 3. The molecule has 1 saturated heterocycles. The van der Waals surface area contributed by atoms with Gasteiger partial charge in [-0.2, -0.15) is 0 Å². The first-order valence-electron chi connectivity index (χ1n) is 7.60. The molecule has 4 rings (SSSR count). The average Bonchev–Trinajstić information content (AvgIpc) is 3.28. The summed E-state index contributed by atoms with van der Waals surface area (Å²) in [7, 11) is 0. The van der Waals surface area contributed by atoms with Crippen molar-refractivity contribution in [2.45, 2.75) is 25.1 Å². The first kappa shape index (κ1) is 15.0. The number of halogens is 1. The number of ether oxygens (including phenoxy) is 1. The summed E-state index contributed by atoms with van der Waals surface area (Å²) in [6, 6.07) is 12.2. The van der Waals surface area contributed by atoms with Crippen LogP contribution >= 0.6 is 11.6 Å². The molecule has 0 N–H and O–H groups in total. The summed E-state index contributed by atoms with van der Waals surface area (Å²) in [6.45, 7) is 0.141. The number of carbonyl (C=O) groups excluding carboxylic acids is 2. The first-order chi connectivity index (χ1) is 11.6. The van der Waals surface area contributed by atoms with Crippen LogP contribution in [-0.2, 0) is 11.3 Å². The van der Waals surface area contributed by atoms with E-state index in [0.717, 1.165) is 12.0 Å². The topological polar surface area (TPSA) is 62.7 Å². The number of urea groups is 1. The average molecular weight is 344 g/mol. The number of rotatable bonds is 3. The van der Waals surface area contributed by atoms with E-state index in [1.165, 1.54) is 4.90 Å². The van der Waals surface area contributed by atoms with Crippen molar-refractivity contribution < 1.29 is 14.3 Å². The van der Waals surface area contributed by atoms with Gasteiger partial charge in [-0.05, 0) is 24.1 Å². The van der Waals surface area contributed by atoms with Gasteiger partial charge in [0.05, 0.1) is 17.8 Å². The Bertz CT molecular complexity index is 799. The molecule has 0 unspecified atom stereocenters. The fourth-order valence-electron chi connectivity index (χ4n) is 2.97. The number of hydrogen-bond acceptors (Lipinski definition) is 4. The van der Waals surface area contributed by atoms with E-state index in [1.807, 2.05) is 30.3 Å². The molecule has 1 saturated carbocycles. The molecule has 2 aromatic rings. The summed E-state index contributed by atoms with van der Waals surface area (Å²) in [4.78, 5) is 31.6. The van der Waals surface area contributed by atoms with Crippen molar-refractivity contribution in [3.05, 3.63) is 59.4 Å². The second-order valence-corrected chi connectivity index (χ2v) is 6.16. The number of hydrogen-bond donors (Lipinski definition) is 0. The fourth-order valence-corrected chi connectivity index (χ4v) is 3.14. The van der Waals surface area contributed by atoms with Crippen molar-refractivity contribution in [1.82, 2.24) is 9.88 Å². The molecule has 0 radical (unpaired) electrons. The van der Waals surface area contributed by atoms with Crippen LogP contribution in [0.1, 0.15) is 12.0 Å². The summed E-state index contributed by atoms with van der Waals surface area (Å²) in [5, 5.41) is 0.308. The molecule has 2 atom stereocenters. The normalized spacial score (nSPS) is 21.6. The lowest BCUT2D eigenvalue weighted by Gasteiger charge is -2.21. The molecule has 24 heavy (non-hydrogen) atoms. The van der Waals surface area contributed by atoms with Gasteiger partial charge < -0.3 is 4.74 Å². The minimum absolute atomic E-state index is 0.0137. The van der Waals surface area contributed by atoms with Gasteiger partial charge in [0.25, 0.3) is 0 Å². The van der Waals surface area contributed by atoms with Crippen LogP contribution in [0.25, 0.3) is 0 Å². The van der Waals surface area contributed by atoms with E-state index < -0.39 is 6.09 Å². The van der Waals surface area contributed by atoms with E-state index in [0.29, 0.717) is 10.8 Å². The molecule has 122 valence electrons. The van der Waals surface area contributed by atoms with Crippen molar-refractivity contribution >= 4 is 29.4 Å². The van der Waals surface area contributed by atoms with Crippen molar-refractivity contribution in [1.29, 1.82) is 0 Å². The molecular formula is C17H14ClN3O3. The monoisotopic (exact) mass is 343 g/mol. The van der Waals surface area contributed by atoms with E-state index >= 15 is 0 Å². The lowest BCUT2D eigenvalue weighted by Crippen LogP contribution is -2.41. The lowest BCUT2D eigenvalue weighted by molar-refractivity contribution is 0.107. The predicted octanol–water partition coefficient (Wildman–Crippen LogP) is 3.45. The zero-order chi connectivity index (χ0) is 16.7. The third-order valence-electron chi connectivity index (χ3n) is 4.19. The molecular weight excluding hydrogens is 330 g/mol. The van der Waals surface area contributed by atoms with Crippen molar-refractivity contribution in [3.8, 4) is 0 Å². The molecule has 0 bridgehead atoms. The van der Waals surface area contributed by atoms with Crippen LogP contribution < -0.4 is 4.90 Å². The summed E-state index contributed by atoms with van der Waals surface area (Å²) in [6.07, 6.45) is 1.67. The van der Waals surface area contributed by atoms with Crippen LogP contribution in [-0.4, -0.2) is 34.1 Å². The van der Waals surface area contributed by atoms with Crippen LogP contribution in [0.3, 0.4) is 0 Å². The van der Waals surface area contributed by atoms with Crippen LogP contribution in [0.5, 0.6) is 0 Å². The van der Waals surface area contributed by atoms with E-state index in [1.54, 1.807) is 23.2 Å². The van der Waals surface area contributed by atoms with Crippen molar-refractivity contribution in [2.24, 2.45) is 0 Å². The molecule has 1 aliphatic heterocycles.